The van der Waals surface area contributed by atoms with Crippen LogP contribution in [-0.4, -0.2) is 10.9 Å². The van der Waals surface area contributed by atoms with Crippen molar-refractivity contribution in [3.8, 4) is 11.8 Å². The molecule has 0 atom stereocenters. The minimum Gasteiger partial charge on any atom is -0.207 e. The Kier molecular flexibility index (Phi) is 3.33. The van der Waals surface area contributed by atoms with Crippen LogP contribution in [-0.2, 0) is 0 Å². The van der Waals surface area contributed by atoms with Gasteiger partial charge in [0, 0.05) is 18.4 Å². The van der Waals surface area contributed by atoms with Crippen LogP contribution in [0, 0.1) is 17.7 Å². The highest BCUT2D eigenvalue weighted by molar-refractivity contribution is 6.65. The van der Waals surface area contributed by atoms with Gasteiger partial charge in [0.15, 0.2) is 0 Å². The maximum Gasteiger partial charge on any atom is 0.129 e. The highest BCUT2D eigenvalue weighted by atomic mass is 35.5. The Bertz CT molecular complexity index is 523. The second-order valence-corrected chi connectivity index (χ2v) is 3.72. The average Bonchev–Trinajstić information content (AvgIpc) is 2.28. The number of hydrogen-bond donors (Lipinski definition) is 0. The topological polar surface area (TPSA) is 24.7 Å². The standard InChI is InChI=1S/C12H8ClFN2/c13-12-7-6-11(15-16-12)5-4-9-2-1-3-10(14)8-9/h1-3,8H,6-7H2. The molecule has 1 heterocycles. The molecule has 0 saturated carbocycles. The van der Waals surface area contributed by atoms with Crippen LogP contribution in [0.3, 0.4) is 0 Å². The number of halogens is 2. The Morgan fingerprint density at radius 1 is 1.19 bits per heavy atom. The van der Waals surface area contributed by atoms with E-state index in [0.29, 0.717) is 29.3 Å². The fourth-order valence-corrected chi connectivity index (χ4v) is 1.37. The third-order valence-corrected chi connectivity index (χ3v) is 2.29. The lowest BCUT2D eigenvalue weighted by molar-refractivity contribution is 0.627. The summed E-state index contributed by atoms with van der Waals surface area (Å²) in [5.41, 5.74) is 1.30. The second-order valence-electron chi connectivity index (χ2n) is 3.28. The van der Waals surface area contributed by atoms with Crippen molar-refractivity contribution in [3.63, 3.8) is 0 Å². The van der Waals surface area contributed by atoms with Gasteiger partial charge in [0.05, 0.1) is 0 Å². The first-order valence-electron chi connectivity index (χ1n) is 4.80. The molecule has 4 heteroatoms. The molecule has 0 amide bonds. The van der Waals surface area contributed by atoms with Gasteiger partial charge in [-0.15, -0.1) is 10.2 Å². The predicted molar refractivity (Wildman–Crippen MR) is 63.2 cm³/mol. The van der Waals surface area contributed by atoms with E-state index in [1.807, 2.05) is 0 Å². The van der Waals surface area contributed by atoms with Gasteiger partial charge in [-0.1, -0.05) is 23.6 Å². The van der Waals surface area contributed by atoms with Crippen molar-refractivity contribution in [1.29, 1.82) is 0 Å². The first-order valence-corrected chi connectivity index (χ1v) is 5.18. The Labute approximate surface area is 97.8 Å². The smallest absolute Gasteiger partial charge is 0.129 e. The second kappa shape index (κ2) is 4.91. The van der Waals surface area contributed by atoms with E-state index in [9.17, 15) is 4.39 Å². The lowest BCUT2D eigenvalue weighted by atomic mass is 10.1. The summed E-state index contributed by atoms with van der Waals surface area (Å²) >= 11 is 5.67. The molecule has 2 nitrogen and oxygen atoms in total. The number of rotatable bonds is 0. The van der Waals surface area contributed by atoms with Crippen LogP contribution in [0.4, 0.5) is 4.39 Å². The number of hydrogen-bond acceptors (Lipinski definition) is 2. The Morgan fingerprint density at radius 2 is 2.06 bits per heavy atom. The number of nitrogens with zero attached hydrogens (tertiary/aromatic N) is 2. The van der Waals surface area contributed by atoms with Crippen LogP contribution in [0.1, 0.15) is 18.4 Å². The summed E-state index contributed by atoms with van der Waals surface area (Å²) in [5, 5.41) is 8.08. The summed E-state index contributed by atoms with van der Waals surface area (Å²) in [5.74, 6) is 5.40. The van der Waals surface area contributed by atoms with E-state index < -0.39 is 0 Å². The molecule has 0 aliphatic carbocycles. The predicted octanol–water partition coefficient (Wildman–Crippen LogP) is 2.96. The molecule has 0 radical (unpaired) electrons. The van der Waals surface area contributed by atoms with E-state index >= 15 is 0 Å². The molecule has 0 saturated heterocycles. The molecule has 0 unspecified atom stereocenters. The van der Waals surface area contributed by atoms with Crippen LogP contribution in [0.5, 0.6) is 0 Å². The quantitative estimate of drug-likeness (QED) is 0.617. The largest absolute Gasteiger partial charge is 0.207 e. The molecular formula is C12H8ClFN2. The minimum atomic E-state index is -0.293. The first-order chi connectivity index (χ1) is 7.74. The molecule has 2 rings (SSSR count). The van der Waals surface area contributed by atoms with Gasteiger partial charge in [-0.25, -0.2) is 4.39 Å². The van der Waals surface area contributed by atoms with Crippen LogP contribution in [0.15, 0.2) is 34.5 Å². The van der Waals surface area contributed by atoms with Gasteiger partial charge >= 0.3 is 0 Å². The lowest BCUT2D eigenvalue weighted by Crippen LogP contribution is -2.02. The molecule has 80 valence electrons. The maximum absolute atomic E-state index is 12.8. The van der Waals surface area contributed by atoms with Crippen molar-refractivity contribution >= 4 is 22.5 Å². The zero-order valence-electron chi connectivity index (χ0n) is 8.37. The zero-order chi connectivity index (χ0) is 11.4. The van der Waals surface area contributed by atoms with Crippen molar-refractivity contribution < 1.29 is 4.39 Å². The Hall–Kier alpha value is -1.66. The SMILES string of the molecule is Fc1cccc(C#CC2=NN=C(Cl)CC2)c1. The van der Waals surface area contributed by atoms with Crippen molar-refractivity contribution in [3.05, 3.63) is 35.6 Å². The highest BCUT2D eigenvalue weighted by Gasteiger charge is 2.04. The van der Waals surface area contributed by atoms with Crippen molar-refractivity contribution in [1.82, 2.24) is 0 Å². The molecule has 0 spiro atoms. The van der Waals surface area contributed by atoms with E-state index in [2.05, 4.69) is 22.0 Å². The summed E-state index contributed by atoms with van der Waals surface area (Å²) in [4.78, 5) is 0. The molecule has 1 aromatic carbocycles. The average molecular weight is 235 g/mol. The molecule has 1 aromatic rings. The van der Waals surface area contributed by atoms with Crippen LogP contribution in [0.2, 0.25) is 0 Å². The van der Waals surface area contributed by atoms with Crippen LogP contribution in [0.25, 0.3) is 0 Å². The summed E-state index contributed by atoms with van der Waals surface area (Å²) in [7, 11) is 0. The van der Waals surface area contributed by atoms with E-state index in [1.165, 1.54) is 12.1 Å². The zero-order valence-corrected chi connectivity index (χ0v) is 9.13. The molecular weight excluding hydrogens is 227 g/mol. The fraction of sp³-hybridized carbons (Fsp3) is 0.167. The van der Waals surface area contributed by atoms with Gasteiger partial charge in [-0.05, 0) is 24.1 Å². The van der Waals surface area contributed by atoms with Gasteiger partial charge in [-0.3, -0.25) is 0 Å². The van der Waals surface area contributed by atoms with Crippen LogP contribution < -0.4 is 0 Å². The molecule has 1 aliphatic heterocycles. The van der Waals surface area contributed by atoms with Gasteiger partial charge in [0.2, 0.25) is 0 Å². The molecule has 0 N–H and O–H groups in total. The third kappa shape index (κ3) is 2.91. The third-order valence-electron chi connectivity index (χ3n) is 2.02. The number of benzene rings is 1. The van der Waals surface area contributed by atoms with Gasteiger partial charge < -0.3 is 0 Å². The summed E-state index contributed by atoms with van der Waals surface area (Å²) < 4.78 is 12.8. The van der Waals surface area contributed by atoms with Gasteiger partial charge in [0.1, 0.15) is 16.7 Å². The normalized spacial score (nSPS) is 14.6. The first kappa shape index (κ1) is 10.8. The molecule has 0 bridgehead atoms. The van der Waals surface area contributed by atoms with Crippen molar-refractivity contribution in [2.75, 3.05) is 0 Å². The van der Waals surface area contributed by atoms with E-state index in [0.717, 1.165) is 0 Å². The minimum absolute atomic E-state index is 0.293. The summed E-state index contributed by atoms with van der Waals surface area (Å²) in [6.45, 7) is 0. The maximum atomic E-state index is 12.8. The van der Waals surface area contributed by atoms with E-state index in [-0.39, 0.29) is 5.82 Å². The Balaban J connectivity index is 2.17. The van der Waals surface area contributed by atoms with Gasteiger partial charge in [0.25, 0.3) is 0 Å². The van der Waals surface area contributed by atoms with Crippen molar-refractivity contribution in [2.24, 2.45) is 10.2 Å². The summed E-state index contributed by atoms with van der Waals surface area (Å²) in [6, 6.07) is 6.13. The monoisotopic (exact) mass is 234 g/mol. The van der Waals surface area contributed by atoms with Crippen molar-refractivity contribution in [2.45, 2.75) is 12.8 Å². The van der Waals surface area contributed by atoms with Gasteiger partial charge in [-0.2, -0.15) is 0 Å². The molecule has 16 heavy (non-hydrogen) atoms. The molecule has 0 aromatic heterocycles. The highest BCUT2D eigenvalue weighted by Crippen LogP contribution is 2.07. The fourth-order valence-electron chi connectivity index (χ4n) is 1.23. The van der Waals surface area contributed by atoms with E-state index in [1.54, 1.807) is 12.1 Å². The molecule has 1 aliphatic rings. The van der Waals surface area contributed by atoms with Crippen LogP contribution >= 0.6 is 11.6 Å². The molecule has 0 fully saturated rings. The van der Waals surface area contributed by atoms with E-state index in [4.69, 9.17) is 11.6 Å². The Morgan fingerprint density at radius 3 is 2.75 bits per heavy atom. The lowest BCUT2D eigenvalue weighted by Gasteiger charge is -2.01. The summed E-state index contributed by atoms with van der Waals surface area (Å²) in [6.07, 6.45) is 1.35.